The average molecular weight is 328 g/mol. The maximum atomic E-state index is 2.27. The van der Waals surface area contributed by atoms with Crippen molar-refractivity contribution in [3.63, 3.8) is 0 Å². The van der Waals surface area contributed by atoms with Crippen molar-refractivity contribution < 1.29 is 6.51 Å². The van der Waals surface area contributed by atoms with Gasteiger partial charge in [-0.05, 0) is 0 Å². The van der Waals surface area contributed by atoms with Crippen molar-refractivity contribution in [2.45, 2.75) is 113 Å². The van der Waals surface area contributed by atoms with Crippen LogP contribution in [0.4, 0.5) is 0 Å². The average Bonchev–Trinajstić information content (AvgIpc) is 3.44. The fourth-order valence-corrected chi connectivity index (χ4v) is 89.2. The summed E-state index contributed by atoms with van der Waals surface area (Å²) in [5, 5.41) is 0. The van der Waals surface area contributed by atoms with Gasteiger partial charge in [0.1, 0.15) is 0 Å². The van der Waals surface area contributed by atoms with Crippen LogP contribution < -0.4 is 0 Å². The molecule has 0 aliphatic carbocycles. The summed E-state index contributed by atoms with van der Waals surface area (Å²) in [5.41, 5.74) is 0. The summed E-state index contributed by atoms with van der Waals surface area (Å²) < 4.78 is 0. The van der Waals surface area contributed by atoms with Crippen LogP contribution in [0, 0.1) is 0 Å². The molecule has 10 heterocycles. The summed E-state index contributed by atoms with van der Waals surface area (Å²) in [5.74, 6) is 0. The Labute approximate surface area is 120 Å². The van der Waals surface area contributed by atoms with Crippen molar-refractivity contribution in [1.82, 2.24) is 0 Å². The molecule has 10 aliphatic rings. The van der Waals surface area contributed by atoms with E-state index in [1.54, 1.807) is 48.2 Å². The minimum absolute atomic E-state index is 1.37. The number of hydrogen-bond donors (Lipinski definition) is 0. The zero-order chi connectivity index (χ0) is 13.7. The van der Waals surface area contributed by atoms with Crippen molar-refractivity contribution >= 4 is 0 Å². The molecular weight excluding hydrogens is 296 g/mol. The van der Waals surface area contributed by atoms with Crippen LogP contribution in [0.2, 0.25) is 48.2 Å². The molecule has 1 heteroatoms. The van der Waals surface area contributed by atoms with Crippen molar-refractivity contribution in [3.05, 3.63) is 0 Å². The van der Waals surface area contributed by atoms with Crippen molar-refractivity contribution in [2.24, 2.45) is 0 Å². The molecule has 0 unspecified atom stereocenters. The van der Waals surface area contributed by atoms with Crippen LogP contribution in [0.3, 0.4) is 0 Å². The molecule has 0 nitrogen and oxygen atoms in total. The predicted octanol–water partition coefficient (Wildman–Crippen LogP) is 7.52. The number of fused-ring (bicyclic) bond motifs is 10. The van der Waals surface area contributed by atoms with Gasteiger partial charge >= 0.3 is 54.7 Å². The van der Waals surface area contributed by atoms with Gasteiger partial charge in [0.05, 0.1) is 0 Å². The molecule has 0 saturated carbocycles. The van der Waals surface area contributed by atoms with E-state index >= 15 is 0 Å². The molecule has 10 aliphatic heterocycles. The monoisotopic (exact) mass is 328 g/mol. The van der Waals surface area contributed by atoms with Gasteiger partial charge in [0.2, 0.25) is 0 Å². The van der Waals surface area contributed by atoms with Crippen LogP contribution in [-0.4, -0.2) is 0 Å². The van der Waals surface area contributed by atoms with Crippen LogP contribution in [0.15, 0.2) is 0 Å². The number of hydrogen-bond acceptors (Lipinski definition) is 0. The first-order valence-corrected chi connectivity index (χ1v) is 16.7. The number of unbranched alkanes of at least 4 members (excludes halogenated alkanes) is 7. The molecule has 21 heavy (non-hydrogen) atoms. The van der Waals surface area contributed by atoms with Crippen LogP contribution >= 0.6 is 0 Å². The number of rotatable bonds is 7. The van der Waals surface area contributed by atoms with Crippen LogP contribution in [0.25, 0.3) is 0 Å². The van der Waals surface area contributed by atoms with E-state index in [0.717, 1.165) is 0 Å². The van der Waals surface area contributed by atoms with Gasteiger partial charge in [0.25, 0.3) is 0 Å². The summed E-state index contributed by atoms with van der Waals surface area (Å²) >= 11 is 0. The van der Waals surface area contributed by atoms with E-state index in [0.29, 0.717) is 0 Å². The van der Waals surface area contributed by atoms with E-state index in [4.69, 9.17) is 0 Å². The van der Waals surface area contributed by atoms with Crippen molar-refractivity contribution in [1.29, 1.82) is 0 Å². The van der Waals surface area contributed by atoms with Crippen LogP contribution in [0.1, 0.15) is 65.2 Å². The van der Waals surface area contributed by atoms with Gasteiger partial charge in [-0.1, -0.05) is 65.2 Å². The van der Waals surface area contributed by atoms with Gasteiger partial charge in [0, 0.05) is 0 Å². The Morgan fingerprint density at radius 2 is 0.667 bits per heavy atom. The Bertz CT molecular complexity index is 689. The van der Waals surface area contributed by atoms with Gasteiger partial charge in [-0.25, -0.2) is 0 Å². The van der Waals surface area contributed by atoms with Gasteiger partial charge in [-0.15, -0.1) is 0 Å². The van der Waals surface area contributed by atoms with Gasteiger partial charge in [-0.3, -0.25) is 0 Å². The Morgan fingerprint density at radius 1 is 0.429 bits per heavy atom. The van der Waals surface area contributed by atoms with E-state index in [-0.39, 0.29) is 0 Å². The summed E-state index contributed by atoms with van der Waals surface area (Å²) in [6, 6.07) is 0. The second-order valence-corrected chi connectivity index (χ2v) is 36.6. The molecule has 0 bridgehead atoms. The molecule has 10 saturated heterocycles. The van der Waals surface area contributed by atoms with Crippen molar-refractivity contribution in [2.75, 3.05) is 0 Å². The van der Waals surface area contributed by atoms with E-state index < -0.39 is 6.51 Å². The molecule has 0 amide bonds. The summed E-state index contributed by atoms with van der Waals surface area (Å²) in [6.45, 7) is 2.26. The van der Waals surface area contributed by atoms with Gasteiger partial charge in [0.15, 0.2) is 0 Å². The molecule has 0 N–H and O–H groups in total. The molecular formula is C20H32Fe. The van der Waals surface area contributed by atoms with Crippen LogP contribution in [-0.2, 0) is 6.51 Å². The zero-order valence-corrected chi connectivity index (χ0v) is 14.9. The first kappa shape index (κ1) is 10.4. The third-order valence-electron chi connectivity index (χ3n) is 16.5. The Hall–Kier alpha value is 0.519. The Kier molecular flexibility index (Phi) is 0.555. The van der Waals surface area contributed by atoms with E-state index in [9.17, 15) is 0 Å². The molecule has 1 spiro atoms. The molecule has 0 aromatic carbocycles. The fourth-order valence-electron chi connectivity index (χ4n) is 17.0. The molecule has 0 atom stereocenters. The molecule has 10 fully saturated rings. The Morgan fingerprint density at radius 3 is 0.810 bits per heavy atom. The topological polar surface area (TPSA) is 0 Å². The third kappa shape index (κ3) is 0.163. The maximum absolute atomic E-state index is 2.28. The van der Waals surface area contributed by atoms with E-state index in [2.05, 4.69) is 13.8 Å². The molecule has 0 aromatic heterocycles. The third-order valence-corrected chi connectivity index (χ3v) is 58.4. The molecule has 0 radical (unpaired) electrons. The van der Waals surface area contributed by atoms with Crippen molar-refractivity contribution in [3.8, 4) is 0 Å². The quantitative estimate of drug-likeness (QED) is 0.335. The molecule has 10 rings (SSSR count). The first-order chi connectivity index (χ1) is 10.1. The van der Waals surface area contributed by atoms with E-state index in [1.165, 1.54) is 51.4 Å². The van der Waals surface area contributed by atoms with Gasteiger partial charge in [-0.2, -0.15) is 0 Å². The molecule has 0 aromatic rings. The standard InChI is InChI=1S/C10H22.2C5H5.Fe/c1-3-5-7-9-10-8-6-4-2;2*1-2-4-5-3-1;/h3-10H2,1-2H3;2*1-5H;. The summed E-state index contributed by atoms with van der Waals surface area (Å²) in [7, 11) is 0. The summed E-state index contributed by atoms with van der Waals surface area (Å²) in [4.78, 5) is 15.9. The van der Waals surface area contributed by atoms with Gasteiger partial charge < -0.3 is 0 Å². The zero-order valence-electron chi connectivity index (χ0n) is 13.8. The Balaban J connectivity index is 0.0000000817. The first-order valence-electron chi connectivity index (χ1n) is 10.3. The minimum atomic E-state index is -2.28. The second kappa shape index (κ2) is 1.12. The van der Waals surface area contributed by atoms with Crippen LogP contribution in [0.5, 0.6) is 0 Å². The molecule has 120 valence electrons. The predicted molar refractivity (Wildman–Crippen MR) is 85.8 cm³/mol. The normalized spacial score (nSPS) is 94.4. The SMILES string of the molecule is CCCCCCCCCC.[CH]12[CH]3[CH]4[CH]5[CH]1[Fe]23451678[CH]2[CH]1[CH]6[CH]7[CH]28. The second-order valence-electron chi connectivity index (χ2n) is 12.7. The summed E-state index contributed by atoms with van der Waals surface area (Å²) in [6.07, 6.45) is 11.5. The fraction of sp³-hybridized carbons (Fsp3) is 1.00. The van der Waals surface area contributed by atoms with E-state index in [1.807, 2.05) is 0 Å².